The minimum Gasteiger partial charge on any atom is -0.396 e. The number of nitrogens with zero attached hydrogens (tertiary/aromatic N) is 3. The summed E-state index contributed by atoms with van der Waals surface area (Å²) in [6, 6.07) is 10.5. The van der Waals surface area contributed by atoms with E-state index in [4.69, 9.17) is 4.74 Å². The maximum absolute atomic E-state index is 9.86. The molecule has 2 aliphatic heterocycles. The lowest BCUT2D eigenvalue weighted by atomic mass is 9.76. The third-order valence-corrected chi connectivity index (χ3v) is 5.31. The van der Waals surface area contributed by atoms with Crippen LogP contribution in [0.25, 0.3) is 5.69 Å². The number of aliphatic hydroxyl groups is 1. The normalized spacial score (nSPS) is 28.0. The van der Waals surface area contributed by atoms with Crippen LogP contribution in [0.3, 0.4) is 0 Å². The van der Waals surface area contributed by atoms with Crippen molar-refractivity contribution in [2.45, 2.75) is 13.0 Å². The standard InChI is InChI=1S/C18H23N3O2/c22-13-18-12-20(11-16(18)6-9-23-14-18)10-15-2-4-17(5-3-15)21-8-1-7-19-21/h1-5,7-8,16,22H,6,9-14H2/t16-,18+/m0/s1. The molecule has 0 unspecified atom stereocenters. The van der Waals surface area contributed by atoms with Gasteiger partial charge in [-0.25, -0.2) is 4.68 Å². The number of ether oxygens (including phenoxy) is 1. The molecule has 2 fully saturated rings. The molecule has 2 aliphatic rings. The minimum absolute atomic E-state index is 0.0484. The minimum atomic E-state index is -0.0484. The van der Waals surface area contributed by atoms with Crippen LogP contribution in [0.4, 0.5) is 0 Å². The molecule has 0 spiro atoms. The monoisotopic (exact) mass is 313 g/mol. The van der Waals surface area contributed by atoms with Gasteiger partial charge in [0.05, 0.1) is 18.9 Å². The molecule has 0 saturated carbocycles. The number of rotatable bonds is 4. The SMILES string of the molecule is OC[C@]12COCC[C@H]1CN(Cc1ccc(-n3cccn3)cc1)C2. The van der Waals surface area contributed by atoms with Crippen LogP contribution in [-0.2, 0) is 11.3 Å². The third kappa shape index (κ3) is 2.80. The van der Waals surface area contributed by atoms with E-state index in [1.54, 1.807) is 6.20 Å². The van der Waals surface area contributed by atoms with Crippen molar-refractivity contribution in [2.24, 2.45) is 11.3 Å². The molecule has 1 aromatic carbocycles. The van der Waals surface area contributed by atoms with Crippen molar-refractivity contribution in [3.8, 4) is 5.69 Å². The van der Waals surface area contributed by atoms with Crippen LogP contribution in [0.15, 0.2) is 42.7 Å². The summed E-state index contributed by atoms with van der Waals surface area (Å²) in [7, 11) is 0. The number of hydrogen-bond acceptors (Lipinski definition) is 4. The van der Waals surface area contributed by atoms with Gasteiger partial charge in [-0.05, 0) is 36.1 Å². The van der Waals surface area contributed by atoms with Gasteiger partial charge in [0, 0.05) is 44.0 Å². The first-order valence-electron chi connectivity index (χ1n) is 8.29. The quantitative estimate of drug-likeness (QED) is 0.933. The molecule has 0 amide bonds. The molecule has 0 aliphatic carbocycles. The predicted molar refractivity (Wildman–Crippen MR) is 87.3 cm³/mol. The Labute approximate surface area is 136 Å². The van der Waals surface area contributed by atoms with Gasteiger partial charge in [-0.1, -0.05) is 12.1 Å². The number of fused-ring (bicyclic) bond motifs is 1. The van der Waals surface area contributed by atoms with E-state index in [2.05, 4.69) is 34.3 Å². The summed E-state index contributed by atoms with van der Waals surface area (Å²) in [6.07, 6.45) is 4.80. The molecule has 1 aromatic heterocycles. The van der Waals surface area contributed by atoms with Crippen molar-refractivity contribution < 1.29 is 9.84 Å². The van der Waals surface area contributed by atoms with Gasteiger partial charge >= 0.3 is 0 Å². The molecule has 2 saturated heterocycles. The third-order valence-electron chi connectivity index (χ3n) is 5.31. The Morgan fingerprint density at radius 2 is 2.17 bits per heavy atom. The van der Waals surface area contributed by atoms with Gasteiger partial charge in [-0.15, -0.1) is 0 Å². The summed E-state index contributed by atoms with van der Waals surface area (Å²) in [4.78, 5) is 2.46. The van der Waals surface area contributed by atoms with Gasteiger partial charge < -0.3 is 9.84 Å². The summed E-state index contributed by atoms with van der Waals surface area (Å²) in [5.74, 6) is 0.560. The molecule has 5 nitrogen and oxygen atoms in total. The molecule has 3 heterocycles. The van der Waals surface area contributed by atoms with Gasteiger partial charge in [0.15, 0.2) is 0 Å². The second-order valence-corrected chi connectivity index (χ2v) is 6.85. The van der Waals surface area contributed by atoms with Crippen LogP contribution in [-0.4, -0.2) is 52.7 Å². The van der Waals surface area contributed by atoms with E-state index in [-0.39, 0.29) is 12.0 Å². The smallest absolute Gasteiger partial charge is 0.0645 e. The fourth-order valence-corrected chi connectivity index (χ4v) is 3.99. The highest BCUT2D eigenvalue weighted by Gasteiger charge is 2.47. The zero-order chi connectivity index (χ0) is 15.7. The summed E-state index contributed by atoms with van der Waals surface area (Å²) in [5, 5.41) is 14.1. The first kappa shape index (κ1) is 14.9. The van der Waals surface area contributed by atoms with E-state index in [1.165, 1.54) is 5.56 Å². The highest BCUT2D eigenvalue weighted by Crippen LogP contribution is 2.41. The number of aromatic nitrogens is 2. The van der Waals surface area contributed by atoms with Gasteiger partial charge in [0.1, 0.15) is 0 Å². The Balaban J connectivity index is 1.44. The van der Waals surface area contributed by atoms with E-state index < -0.39 is 0 Å². The predicted octanol–water partition coefficient (Wildman–Crippen LogP) is 1.70. The molecule has 2 aromatic rings. The molecule has 4 rings (SSSR count). The Kier molecular flexibility index (Phi) is 3.93. The van der Waals surface area contributed by atoms with Crippen molar-refractivity contribution in [1.82, 2.24) is 14.7 Å². The van der Waals surface area contributed by atoms with E-state index in [0.29, 0.717) is 12.5 Å². The highest BCUT2D eigenvalue weighted by molar-refractivity contribution is 5.33. The van der Waals surface area contributed by atoms with E-state index in [9.17, 15) is 5.11 Å². The van der Waals surface area contributed by atoms with E-state index in [0.717, 1.165) is 38.3 Å². The zero-order valence-electron chi connectivity index (χ0n) is 13.3. The van der Waals surface area contributed by atoms with Gasteiger partial charge in [-0.3, -0.25) is 4.90 Å². The maximum Gasteiger partial charge on any atom is 0.0645 e. The highest BCUT2D eigenvalue weighted by atomic mass is 16.5. The topological polar surface area (TPSA) is 50.5 Å². The molecule has 2 atom stereocenters. The Morgan fingerprint density at radius 1 is 1.30 bits per heavy atom. The van der Waals surface area contributed by atoms with Crippen molar-refractivity contribution in [2.75, 3.05) is 32.9 Å². The number of aliphatic hydroxyl groups excluding tert-OH is 1. The second kappa shape index (κ2) is 6.07. The van der Waals surface area contributed by atoms with E-state index in [1.807, 2.05) is 16.9 Å². The fourth-order valence-electron chi connectivity index (χ4n) is 3.99. The number of likely N-dealkylation sites (tertiary alicyclic amines) is 1. The van der Waals surface area contributed by atoms with Crippen LogP contribution < -0.4 is 0 Å². The lowest BCUT2D eigenvalue weighted by Gasteiger charge is -2.36. The molecular weight excluding hydrogens is 290 g/mol. The zero-order valence-corrected chi connectivity index (χ0v) is 13.3. The maximum atomic E-state index is 9.86. The number of benzene rings is 1. The lowest BCUT2D eigenvalue weighted by molar-refractivity contribution is -0.0561. The van der Waals surface area contributed by atoms with Crippen LogP contribution in [0.5, 0.6) is 0 Å². The van der Waals surface area contributed by atoms with Crippen LogP contribution in [0, 0.1) is 11.3 Å². The molecular formula is C18H23N3O2. The van der Waals surface area contributed by atoms with Crippen molar-refractivity contribution in [3.05, 3.63) is 48.3 Å². The molecule has 5 heteroatoms. The molecule has 1 N–H and O–H groups in total. The fraction of sp³-hybridized carbons (Fsp3) is 0.500. The van der Waals surface area contributed by atoms with Crippen molar-refractivity contribution >= 4 is 0 Å². The van der Waals surface area contributed by atoms with Crippen LogP contribution in [0.2, 0.25) is 0 Å². The van der Waals surface area contributed by atoms with Gasteiger partial charge in [-0.2, -0.15) is 5.10 Å². The Morgan fingerprint density at radius 3 is 2.87 bits per heavy atom. The summed E-state index contributed by atoms with van der Waals surface area (Å²) in [5.41, 5.74) is 2.33. The molecule has 0 radical (unpaired) electrons. The summed E-state index contributed by atoms with van der Waals surface area (Å²) >= 11 is 0. The largest absolute Gasteiger partial charge is 0.396 e. The first-order valence-corrected chi connectivity index (χ1v) is 8.29. The summed E-state index contributed by atoms with van der Waals surface area (Å²) in [6.45, 7) is 4.67. The molecule has 23 heavy (non-hydrogen) atoms. The van der Waals surface area contributed by atoms with Crippen molar-refractivity contribution in [3.63, 3.8) is 0 Å². The average molecular weight is 313 g/mol. The van der Waals surface area contributed by atoms with E-state index >= 15 is 0 Å². The Bertz CT molecular complexity index is 641. The van der Waals surface area contributed by atoms with Gasteiger partial charge in [0.25, 0.3) is 0 Å². The Hall–Kier alpha value is -1.69. The van der Waals surface area contributed by atoms with Crippen LogP contribution in [0.1, 0.15) is 12.0 Å². The van der Waals surface area contributed by atoms with Gasteiger partial charge in [0.2, 0.25) is 0 Å². The van der Waals surface area contributed by atoms with Crippen LogP contribution >= 0.6 is 0 Å². The van der Waals surface area contributed by atoms with Crippen molar-refractivity contribution in [1.29, 1.82) is 0 Å². The summed E-state index contributed by atoms with van der Waals surface area (Å²) < 4.78 is 7.50. The average Bonchev–Trinajstić information content (AvgIpc) is 3.23. The lowest BCUT2D eigenvalue weighted by Crippen LogP contribution is -2.42. The number of hydrogen-bond donors (Lipinski definition) is 1. The molecule has 122 valence electrons. The second-order valence-electron chi connectivity index (χ2n) is 6.85. The molecule has 0 bridgehead atoms. The first-order chi connectivity index (χ1) is 11.3.